The van der Waals surface area contributed by atoms with Crippen molar-refractivity contribution in [1.82, 2.24) is 9.29 Å². The summed E-state index contributed by atoms with van der Waals surface area (Å²) in [5, 5.41) is 1.79. The largest absolute Gasteiger partial charge is 0.244 e. The topological polar surface area (TPSA) is 50.3 Å². The highest BCUT2D eigenvalue weighted by molar-refractivity contribution is 14.1. The van der Waals surface area contributed by atoms with Gasteiger partial charge in [0.05, 0.1) is 8.94 Å². The number of hydrogen-bond acceptors (Lipinski definition) is 3. The number of benzene rings is 1. The molecule has 1 aromatic heterocycles. The first-order valence-electron chi connectivity index (χ1n) is 6.31. The minimum atomic E-state index is -3.48. The second-order valence-corrected chi connectivity index (χ2v) is 9.34. The molecule has 1 aliphatic heterocycles. The minimum Gasteiger partial charge on any atom is -0.243 e. The van der Waals surface area contributed by atoms with Crippen molar-refractivity contribution in [3.8, 4) is 0 Å². The Kier molecular flexibility index (Phi) is 4.48. The van der Waals surface area contributed by atoms with E-state index in [1.807, 2.05) is 0 Å². The molecule has 0 radical (unpaired) electrons. The Morgan fingerprint density at radius 1 is 1.38 bits per heavy atom. The summed E-state index contributed by atoms with van der Waals surface area (Å²) < 4.78 is 27.8. The van der Waals surface area contributed by atoms with Gasteiger partial charge in [-0.05, 0) is 40.9 Å². The summed E-state index contributed by atoms with van der Waals surface area (Å²) in [7, 11) is -3.48. The molecule has 2 aromatic rings. The first-order valence-corrected chi connectivity index (χ1v) is 10.2. The van der Waals surface area contributed by atoms with Crippen LogP contribution in [0.15, 0.2) is 33.8 Å². The van der Waals surface area contributed by atoms with Crippen molar-refractivity contribution in [2.24, 2.45) is 0 Å². The van der Waals surface area contributed by atoms with Crippen molar-refractivity contribution >= 4 is 70.9 Å². The first-order chi connectivity index (χ1) is 9.91. The molecule has 1 aromatic carbocycles. The molecule has 3 rings (SSSR count). The summed E-state index contributed by atoms with van der Waals surface area (Å²) in [5.41, 5.74) is 0. The molecule has 21 heavy (non-hydrogen) atoms. The second-order valence-electron chi connectivity index (χ2n) is 4.80. The van der Waals surface area contributed by atoms with E-state index in [0.29, 0.717) is 17.1 Å². The van der Waals surface area contributed by atoms with Crippen LogP contribution >= 0.6 is 50.1 Å². The van der Waals surface area contributed by atoms with Crippen LogP contribution in [-0.2, 0) is 10.0 Å². The Bertz CT molecular complexity index is 815. The molecule has 0 spiro atoms. The van der Waals surface area contributed by atoms with Crippen LogP contribution in [0.25, 0.3) is 10.8 Å². The zero-order chi connectivity index (χ0) is 15.2. The average molecular weight is 502 g/mol. The van der Waals surface area contributed by atoms with Crippen LogP contribution in [0.2, 0.25) is 5.15 Å². The molecule has 0 N–H and O–H groups in total. The standard InChI is InChI=1S/C13H11BrClIN2O2S/c14-11-7-17-13(15)10-6-8(3-4-9(10)11)21(19,20)18-5-1-2-12(18)16/h3-4,6-7,12H,1-2,5H2. The van der Waals surface area contributed by atoms with E-state index in [0.717, 1.165) is 22.7 Å². The van der Waals surface area contributed by atoms with E-state index in [9.17, 15) is 8.42 Å². The van der Waals surface area contributed by atoms with Crippen LogP contribution < -0.4 is 0 Å². The quantitative estimate of drug-likeness (QED) is 0.268. The fourth-order valence-corrected chi connectivity index (χ4v) is 6.24. The van der Waals surface area contributed by atoms with E-state index in [4.69, 9.17) is 11.6 Å². The smallest absolute Gasteiger partial charge is 0.243 e. The van der Waals surface area contributed by atoms with E-state index < -0.39 is 10.0 Å². The molecular formula is C13H11BrClIN2O2S. The van der Waals surface area contributed by atoms with Crippen LogP contribution in [0.3, 0.4) is 0 Å². The molecule has 1 unspecified atom stereocenters. The van der Waals surface area contributed by atoms with Gasteiger partial charge in [0.2, 0.25) is 10.0 Å². The lowest BCUT2D eigenvalue weighted by atomic mass is 10.2. The fourth-order valence-electron chi connectivity index (χ4n) is 2.42. The fraction of sp³-hybridized carbons (Fsp3) is 0.308. The van der Waals surface area contributed by atoms with E-state index in [1.165, 1.54) is 0 Å². The summed E-state index contributed by atoms with van der Waals surface area (Å²) in [6, 6.07) is 4.99. The Morgan fingerprint density at radius 3 is 2.81 bits per heavy atom. The van der Waals surface area contributed by atoms with Gasteiger partial charge in [-0.25, -0.2) is 13.4 Å². The maximum atomic E-state index is 12.7. The van der Waals surface area contributed by atoms with Gasteiger partial charge in [-0.1, -0.05) is 40.3 Å². The van der Waals surface area contributed by atoms with Gasteiger partial charge in [0, 0.05) is 28.0 Å². The van der Waals surface area contributed by atoms with Gasteiger partial charge >= 0.3 is 0 Å². The summed E-state index contributed by atoms with van der Waals surface area (Å²) >= 11 is 11.7. The molecule has 0 bridgehead atoms. The molecule has 1 fully saturated rings. The third-order valence-electron chi connectivity index (χ3n) is 3.50. The number of pyridine rings is 1. The third kappa shape index (κ3) is 2.83. The summed E-state index contributed by atoms with van der Waals surface area (Å²) in [6.07, 6.45) is 3.40. The van der Waals surface area contributed by atoms with Crippen molar-refractivity contribution in [1.29, 1.82) is 0 Å². The molecule has 1 atom stereocenters. The lowest BCUT2D eigenvalue weighted by molar-refractivity contribution is 0.468. The van der Waals surface area contributed by atoms with E-state index in [2.05, 4.69) is 43.5 Å². The first kappa shape index (κ1) is 15.9. The van der Waals surface area contributed by atoms with Crippen molar-refractivity contribution in [3.05, 3.63) is 34.0 Å². The molecule has 1 saturated heterocycles. The van der Waals surface area contributed by atoms with E-state index in [1.54, 1.807) is 28.7 Å². The number of hydrogen-bond donors (Lipinski definition) is 0. The van der Waals surface area contributed by atoms with Gasteiger partial charge in [0.1, 0.15) is 5.15 Å². The number of nitrogens with zero attached hydrogens (tertiary/aromatic N) is 2. The Morgan fingerprint density at radius 2 is 2.14 bits per heavy atom. The van der Waals surface area contributed by atoms with Gasteiger partial charge in [-0.3, -0.25) is 0 Å². The van der Waals surface area contributed by atoms with Crippen molar-refractivity contribution in [3.63, 3.8) is 0 Å². The van der Waals surface area contributed by atoms with Crippen LogP contribution in [0, 0.1) is 0 Å². The minimum absolute atomic E-state index is 0.0133. The van der Waals surface area contributed by atoms with E-state index in [-0.39, 0.29) is 8.94 Å². The summed E-state index contributed by atoms with van der Waals surface area (Å²) in [5.74, 6) is 0. The molecule has 8 heteroatoms. The SMILES string of the molecule is O=S(=O)(c1ccc2c(Br)cnc(Cl)c2c1)N1CCCC1I. The highest BCUT2D eigenvalue weighted by Crippen LogP contribution is 2.33. The van der Waals surface area contributed by atoms with Crippen LogP contribution in [0.1, 0.15) is 12.8 Å². The predicted octanol–water partition coefficient (Wildman–Crippen LogP) is 4.20. The predicted molar refractivity (Wildman–Crippen MR) is 95.4 cm³/mol. The Balaban J connectivity index is 2.15. The number of halogens is 3. The van der Waals surface area contributed by atoms with Gasteiger partial charge in [0.15, 0.2) is 0 Å². The Labute approximate surface area is 150 Å². The highest BCUT2D eigenvalue weighted by Gasteiger charge is 2.33. The molecule has 2 heterocycles. The number of aromatic nitrogens is 1. The van der Waals surface area contributed by atoms with Crippen LogP contribution in [0.5, 0.6) is 0 Å². The second kappa shape index (κ2) is 5.92. The highest BCUT2D eigenvalue weighted by atomic mass is 127. The van der Waals surface area contributed by atoms with Gasteiger partial charge in [-0.2, -0.15) is 4.31 Å². The van der Waals surface area contributed by atoms with Gasteiger partial charge < -0.3 is 0 Å². The van der Waals surface area contributed by atoms with Crippen LogP contribution in [0.4, 0.5) is 0 Å². The molecular weight excluding hydrogens is 490 g/mol. The van der Waals surface area contributed by atoms with Crippen LogP contribution in [-0.4, -0.2) is 28.3 Å². The lowest BCUT2D eigenvalue weighted by Gasteiger charge is -2.20. The van der Waals surface area contributed by atoms with Gasteiger partial charge in [-0.15, -0.1) is 0 Å². The molecule has 0 aliphatic carbocycles. The normalized spacial score (nSPS) is 20.2. The number of alkyl halides is 1. The maximum absolute atomic E-state index is 12.7. The molecule has 4 nitrogen and oxygen atoms in total. The monoisotopic (exact) mass is 500 g/mol. The molecule has 0 amide bonds. The number of sulfonamides is 1. The van der Waals surface area contributed by atoms with Crippen molar-refractivity contribution < 1.29 is 8.42 Å². The zero-order valence-corrected chi connectivity index (χ0v) is 16.1. The summed E-state index contributed by atoms with van der Waals surface area (Å²) in [6.45, 7) is 0.568. The Hall–Kier alpha value is 0.0400. The summed E-state index contributed by atoms with van der Waals surface area (Å²) in [4.78, 5) is 4.32. The van der Waals surface area contributed by atoms with Crippen molar-refractivity contribution in [2.45, 2.75) is 21.8 Å². The zero-order valence-electron chi connectivity index (χ0n) is 10.8. The van der Waals surface area contributed by atoms with Crippen molar-refractivity contribution in [2.75, 3.05) is 6.54 Å². The van der Waals surface area contributed by atoms with E-state index >= 15 is 0 Å². The third-order valence-corrected chi connectivity index (χ3v) is 8.01. The van der Waals surface area contributed by atoms with Gasteiger partial charge in [0.25, 0.3) is 0 Å². The molecule has 0 saturated carbocycles. The molecule has 1 aliphatic rings. The maximum Gasteiger partial charge on any atom is 0.244 e. The molecule has 112 valence electrons. The lowest BCUT2D eigenvalue weighted by Crippen LogP contribution is -2.32. The average Bonchev–Trinajstić information content (AvgIpc) is 2.89. The number of rotatable bonds is 2. The number of fused-ring (bicyclic) bond motifs is 1.